The molecule has 164 valence electrons. The van der Waals surface area contributed by atoms with Crippen LogP contribution in [0.2, 0.25) is 0 Å². The Kier molecular flexibility index (Phi) is 6.35. The Balaban J connectivity index is 1.75. The fraction of sp³-hybridized carbons (Fsp3) is 0.296. The molecule has 0 spiro atoms. The number of hydrogen-bond donors (Lipinski definition) is 1. The van der Waals surface area contributed by atoms with E-state index in [9.17, 15) is 4.79 Å². The molecule has 0 fully saturated rings. The second-order valence-corrected chi connectivity index (χ2v) is 8.26. The zero-order valence-corrected chi connectivity index (χ0v) is 18.9. The SMILES string of the molecule is CCCCC1Cc2cc(OC)ccc2C(c2ccc(-c3c(C(N)=O)ccnc3C)cc2)=N1. The zero-order valence-electron chi connectivity index (χ0n) is 18.9. The van der Waals surface area contributed by atoms with Crippen molar-refractivity contribution in [3.63, 3.8) is 0 Å². The van der Waals surface area contributed by atoms with E-state index in [4.69, 9.17) is 15.5 Å². The van der Waals surface area contributed by atoms with E-state index in [0.717, 1.165) is 65.1 Å². The molecule has 1 aromatic heterocycles. The number of amides is 1. The third kappa shape index (κ3) is 4.28. The highest BCUT2D eigenvalue weighted by atomic mass is 16.5. The summed E-state index contributed by atoms with van der Waals surface area (Å²) in [5.41, 5.74) is 13.1. The molecular formula is C27H29N3O2. The number of nitrogens with zero attached hydrogens (tertiary/aromatic N) is 2. The van der Waals surface area contributed by atoms with Crippen molar-refractivity contribution in [1.82, 2.24) is 4.98 Å². The average Bonchev–Trinajstić information content (AvgIpc) is 2.81. The quantitative estimate of drug-likeness (QED) is 0.569. The van der Waals surface area contributed by atoms with Gasteiger partial charge in [0, 0.05) is 28.6 Å². The minimum atomic E-state index is -0.451. The first-order chi connectivity index (χ1) is 15.5. The highest BCUT2D eigenvalue weighted by molar-refractivity contribution is 6.14. The summed E-state index contributed by atoms with van der Waals surface area (Å²) in [6.07, 6.45) is 5.95. The molecule has 32 heavy (non-hydrogen) atoms. The topological polar surface area (TPSA) is 77.6 Å². The number of aromatic nitrogens is 1. The highest BCUT2D eigenvalue weighted by Crippen LogP contribution is 2.31. The number of aryl methyl sites for hydroxylation is 1. The zero-order chi connectivity index (χ0) is 22.7. The van der Waals surface area contributed by atoms with E-state index in [1.807, 2.05) is 25.1 Å². The summed E-state index contributed by atoms with van der Waals surface area (Å²) < 4.78 is 5.46. The molecule has 5 nitrogen and oxygen atoms in total. The van der Waals surface area contributed by atoms with Gasteiger partial charge in [0.15, 0.2) is 0 Å². The van der Waals surface area contributed by atoms with Crippen LogP contribution in [0.3, 0.4) is 0 Å². The van der Waals surface area contributed by atoms with Crippen LogP contribution < -0.4 is 10.5 Å². The molecule has 1 aliphatic heterocycles. The molecule has 1 amide bonds. The number of fused-ring (bicyclic) bond motifs is 1. The van der Waals surface area contributed by atoms with Gasteiger partial charge >= 0.3 is 0 Å². The van der Waals surface area contributed by atoms with E-state index in [0.29, 0.717) is 5.56 Å². The van der Waals surface area contributed by atoms with Gasteiger partial charge in [-0.3, -0.25) is 14.8 Å². The molecular weight excluding hydrogens is 398 g/mol. The van der Waals surface area contributed by atoms with Crippen molar-refractivity contribution in [2.24, 2.45) is 10.7 Å². The van der Waals surface area contributed by atoms with E-state index in [-0.39, 0.29) is 6.04 Å². The third-order valence-electron chi connectivity index (χ3n) is 6.08. The van der Waals surface area contributed by atoms with Crippen LogP contribution >= 0.6 is 0 Å². The Bertz CT molecular complexity index is 1170. The van der Waals surface area contributed by atoms with Crippen molar-refractivity contribution >= 4 is 11.6 Å². The molecule has 3 aromatic rings. The molecule has 5 heteroatoms. The van der Waals surface area contributed by atoms with Crippen molar-refractivity contribution in [2.75, 3.05) is 7.11 Å². The molecule has 1 unspecified atom stereocenters. The number of methoxy groups -OCH3 is 1. The van der Waals surface area contributed by atoms with Gasteiger partial charge in [-0.1, -0.05) is 44.0 Å². The minimum absolute atomic E-state index is 0.270. The largest absolute Gasteiger partial charge is 0.497 e. The van der Waals surface area contributed by atoms with Crippen LogP contribution in [-0.4, -0.2) is 29.8 Å². The maximum Gasteiger partial charge on any atom is 0.249 e. The van der Waals surface area contributed by atoms with Gasteiger partial charge in [-0.25, -0.2) is 0 Å². The summed E-state index contributed by atoms with van der Waals surface area (Å²) in [6, 6.07) is 16.4. The predicted octanol–water partition coefficient (Wildman–Crippen LogP) is 5.12. The van der Waals surface area contributed by atoms with Gasteiger partial charge in [-0.15, -0.1) is 0 Å². The first kappa shape index (κ1) is 21.8. The Hall–Kier alpha value is -3.47. The Morgan fingerprint density at radius 1 is 1.12 bits per heavy atom. The first-order valence-corrected chi connectivity index (χ1v) is 11.1. The lowest BCUT2D eigenvalue weighted by molar-refractivity contribution is 0.100. The number of rotatable bonds is 7. The fourth-order valence-corrected chi connectivity index (χ4v) is 4.42. The van der Waals surface area contributed by atoms with Gasteiger partial charge in [0.1, 0.15) is 5.75 Å². The number of primary amides is 1. The Morgan fingerprint density at radius 2 is 1.88 bits per heavy atom. The maximum atomic E-state index is 11.9. The van der Waals surface area contributed by atoms with E-state index in [1.54, 1.807) is 19.4 Å². The fourth-order valence-electron chi connectivity index (χ4n) is 4.42. The molecule has 4 rings (SSSR count). The van der Waals surface area contributed by atoms with Crippen LogP contribution in [0.4, 0.5) is 0 Å². The van der Waals surface area contributed by atoms with Gasteiger partial charge < -0.3 is 10.5 Å². The van der Waals surface area contributed by atoms with E-state index in [2.05, 4.69) is 36.2 Å². The molecule has 0 saturated heterocycles. The summed E-state index contributed by atoms with van der Waals surface area (Å²) in [7, 11) is 1.70. The first-order valence-electron chi connectivity index (χ1n) is 11.1. The molecule has 1 atom stereocenters. The van der Waals surface area contributed by atoms with Crippen LogP contribution in [-0.2, 0) is 6.42 Å². The number of aliphatic imine (C=N–C) groups is 1. The van der Waals surface area contributed by atoms with Crippen molar-refractivity contribution < 1.29 is 9.53 Å². The van der Waals surface area contributed by atoms with Crippen LogP contribution in [0.5, 0.6) is 5.75 Å². The number of unbranched alkanes of at least 4 members (excludes halogenated alkanes) is 1. The molecule has 0 bridgehead atoms. The summed E-state index contributed by atoms with van der Waals surface area (Å²) >= 11 is 0. The lowest BCUT2D eigenvalue weighted by Gasteiger charge is -2.24. The van der Waals surface area contributed by atoms with Gasteiger partial charge in [0.25, 0.3) is 0 Å². The second kappa shape index (κ2) is 9.35. The number of pyridine rings is 1. The number of ether oxygens (including phenoxy) is 1. The van der Waals surface area contributed by atoms with Crippen molar-refractivity contribution in [3.8, 4) is 16.9 Å². The van der Waals surface area contributed by atoms with Gasteiger partial charge in [-0.2, -0.15) is 0 Å². The van der Waals surface area contributed by atoms with E-state index in [1.165, 1.54) is 5.56 Å². The lowest BCUT2D eigenvalue weighted by atomic mass is 9.88. The molecule has 0 saturated carbocycles. The van der Waals surface area contributed by atoms with Crippen molar-refractivity contribution in [1.29, 1.82) is 0 Å². The molecule has 0 aliphatic carbocycles. The third-order valence-corrected chi connectivity index (χ3v) is 6.08. The van der Waals surface area contributed by atoms with Gasteiger partial charge in [-0.05, 0) is 55.2 Å². The number of carbonyl (C=O) groups excluding carboxylic acids is 1. The van der Waals surface area contributed by atoms with Crippen LogP contribution in [0.1, 0.15) is 58.9 Å². The van der Waals surface area contributed by atoms with Gasteiger partial charge in [0.2, 0.25) is 5.91 Å². The number of carbonyl (C=O) groups is 1. The van der Waals surface area contributed by atoms with Crippen LogP contribution in [0.15, 0.2) is 59.7 Å². The highest BCUT2D eigenvalue weighted by Gasteiger charge is 2.23. The normalized spacial score (nSPS) is 15.1. The molecule has 1 aliphatic rings. The van der Waals surface area contributed by atoms with Crippen LogP contribution in [0.25, 0.3) is 11.1 Å². The summed E-state index contributed by atoms with van der Waals surface area (Å²) in [6.45, 7) is 4.10. The van der Waals surface area contributed by atoms with Crippen LogP contribution in [0, 0.1) is 6.92 Å². The van der Waals surface area contributed by atoms with E-state index < -0.39 is 5.91 Å². The summed E-state index contributed by atoms with van der Waals surface area (Å²) in [4.78, 5) is 21.4. The molecule has 2 heterocycles. The lowest BCUT2D eigenvalue weighted by Crippen LogP contribution is -2.22. The number of hydrogen-bond acceptors (Lipinski definition) is 4. The summed E-state index contributed by atoms with van der Waals surface area (Å²) in [5.74, 6) is 0.425. The minimum Gasteiger partial charge on any atom is -0.497 e. The average molecular weight is 428 g/mol. The van der Waals surface area contributed by atoms with Crippen molar-refractivity contribution in [3.05, 3.63) is 82.7 Å². The summed E-state index contributed by atoms with van der Waals surface area (Å²) in [5, 5.41) is 0. The van der Waals surface area contributed by atoms with E-state index >= 15 is 0 Å². The Morgan fingerprint density at radius 3 is 2.56 bits per heavy atom. The molecule has 2 aromatic carbocycles. The number of benzene rings is 2. The molecule has 2 N–H and O–H groups in total. The standard InChI is InChI=1S/C27H29N3O2/c1-4-5-6-21-15-20-16-22(32-3)11-12-23(20)26(30-21)19-9-7-18(8-10-19)25-17(2)29-14-13-24(25)27(28)31/h7-14,16,21H,4-6,15H2,1-3H3,(H2,28,31). The number of nitrogens with two attached hydrogens (primary N) is 1. The smallest absolute Gasteiger partial charge is 0.249 e. The predicted molar refractivity (Wildman–Crippen MR) is 129 cm³/mol. The monoisotopic (exact) mass is 427 g/mol. The second-order valence-electron chi connectivity index (χ2n) is 8.26. The van der Waals surface area contributed by atoms with Crippen molar-refractivity contribution in [2.45, 2.75) is 45.6 Å². The Labute approximate surface area is 189 Å². The molecule has 0 radical (unpaired) electrons. The maximum absolute atomic E-state index is 11.9. The van der Waals surface area contributed by atoms with Gasteiger partial charge in [0.05, 0.1) is 24.4 Å².